The molecule has 2 aliphatic carbocycles. The quantitative estimate of drug-likeness (QED) is 0.836. The summed E-state index contributed by atoms with van der Waals surface area (Å²) in [6, 6.07) is 2.53. The number of nitrogen functional groups attached to an aromatic ring is 1. The summed E-state index contributed by atoms with van der Waals surface area (Å²) in [6.45, 7) is 2.07. The average Bonchev–Trinajstić information content (AvgIpc) is 3.02. The standard InChI is InChI=1S/C14H18N4/c1-8-4-5-16-13-12(8)17-14(15)18(13)11-7-9-2-3-10(11)6-9/h4-5,9-11H,2-3,6-7H2,1H3,(H2,15,17). The molecule has 4 rings (SSSR count). The van der Waals surface area contributed by atoms with Crippen LogP contribution in [0.1, 0.15) is 37.3 Å². The first-order chi connectivity index (χ1) is 8.74. The molecule has 2 bridgehead atoms. The predicted octanol–water partition coefficient (Wildman–Crippen LogP) is 2.68. The van der Waals surface area contributed by atoms with Gasteiger partial charge in [-0.2, -0.15) is 0 Å². The van der Waals surface area contributed by atoms with Crippen LogP contribution in [0.2, 0.25) is 0 Å². The van der Waals surface area contributed by atoms with Crippen molar-refractivity contribution in [3.05, 3.63) is 17.8 Å². The maximum absolute atomic E-state index is 6.15. The van der Waals surface area contributed by atoms with E-state index < -0.39 is 0 Å². The largest absolute Gasteiger partial charge is 0.369 e. The van der Waals surface area contributed by atoms with E-state index in [1.54, 1.807) is 0 Å². The molecule has 4 heteroatoms. The highest BCUT2D eigenvalue weighted by Gasteiger charge is 2.41. The molecule has 2 aliphatic rings. The van der Waals surface area contributed by atoms with E-state index in [2.05, 4.69) is 21.5 Å². The van der Waals surface area contributed by atoms with Gasteiger partial charge in [0.25, 0.3) is 0 Å². The van der Waals surface area contributed by atoms with Crippen LogP contribution in [0.5, 0.6) is 0 Å². The molecule has 0 radical (unpaired) electrons. The molecule has 2 aromatic rings. The zero-order valence-electron chi connectivity index (χ0n) is 10.6. The van der Waals surface area contributed by atoms with Crippen LogP contribution < -0.4 is 5.73 Å². The van der Waals surface area contributed by atoms with Crippen LogP contribution in [0.25, 0.3) is 11.2 Å². The Morgan fingerprint density at radius 2 is 2.22 bits per heavy atom. The lowest BCUT2D eigenvalue weighted by atomic mass is 9.95. The van der Waals surface area contributed by atoms with E-state index in [9.17, 15) is 0 Å². The van der Waals surface area contributed by atoms with Gasteiger partial charge < -0.3 is 5.73 Å². The van der Waals surface area contributed by atoms with Crippen molar-refractivity contribution < 1.29 is 0 Å². The summed E-state index contributed by atoms with van der Waals surface area (Å²) in [5, 5.41) is 0. The predicted molar refractivity (Wildman–Crippen MR) is 71.2 cm³/mol. The van der Waals surface area contributed by atoms with Crippen molar-refractivity contribution in [2.45, 2.75) is 38.6 Å². The number of fused-ring (bicyclic) bond motifs is 3. The fraction of sp³-hybridized carbons (Fsp3) is 0.571. The molecule has 0 aliphatic heterocycles. The molecule has 0 spiro atoms. The topological polar surface area (TPSA) is 56.7 Å². The fourth-order valence-corrected chi connectivity index (χ4v) is 3.98. The number of aromatic nitrogens is 3. The Kier molecular flexibility index (Phi) is 1.99. The van der Waals surface area contributed by atoms with E-state index in [0.717, 1.165) is 28.6 Å². The maximum atomic E-state index is 6.15. The molecule has 2 aromatic heterocycles. The zero-order valence-corrected chi connectivity index (χ0v) is 10.6. The van der Waals surface area contributed by atoms with Gasteiger partial charge in [-0.15, -0.1) is 0 Å². The average molecular weight is 242 g/mol. The third kappa shape index (κ3) is 1.26. The van der Waals surface area contributed by atoms with Gasteiger partial charge in [-0.3, -0.25) is 4.57 Å². The molecule has 2 heterocycles. The van der Waals surface area contributed by atoms with Gasteiger partial charge in [0.1, 0.15) is 5.52 Å². The molecular formula is C14H18N4. The number of pyridine rings is 1. The zero-order chi connectivity index (χ0) is 12.3. The van der Waals surface area contributed by atoms with E-state index in [4.69, 9.17) is 5.73 Å². The highest BCUT2D eigenvalue weighted by Crippen LogP contribution is 2.51. The molecular weight excluding hydrogens is 224 g/mol. The first kappa shape index (κ1) is 10.4. The number of nitrogens with zero attached hydrogens (tertiary/aromatic N) is 3. The van der Waals surface area contributed by atoms with Crippen molar-refractivity contribution in [3.8, 4) is 0 Å². The molecule has 0 saturated heterocycles. The third-order valence-electron chi connectivity index (χ3n) is 4.84. The van der Waals surface area contributed by atoms with Crippen LogP contribution in [0.3, 0.4) is 0 Å². The highest BCUT2D eigenvalue weighted by molar-refractivity contribution is 5.77. The molecule has 0 amide bonds. The molecule has 94 valence electrons. The van der Waals surface area contributed by atoms with Crippen molar-refractivity contribution in [1.82, 2.24) is 14.5 Å². The summed E-state index contributed by atoms with van der Waals surface area (Å²) < 4.78 is 2.20. The van der Waals surface area contributed by atoms with Crippen molar-refractivity contribution in [2.24, 2.45) is 11.8 Å². The number of hydrogen-bond acceptors (Lipinski definition) is 3. The number of rotatable bonds is 1. The number of nitrogens with two attached hydrogens (primary N) is 1. The molecule has 2 fully saturated rings. The van der Waals surface area contributed by atoms with Crippen molar-refractivity contribution >= 4 is 17.1 Å². The number of anilines is 1. The van der Waals surface area contributed by atoms with Crippen molar-refractivity contribution in [2.75, 3.05) is 5.73 Å². The summed E-state index contributed by atoms with van der Waals surface area (Å²) in [4.78, 5) is 9.03. The second kappa shape index (κ2) is 3.46. The highest BCUT2D eigenvalue weighted by atomic mass is 15.2. The van der Waals surface area contributed by atoms with Crippen LogP contribution in [-0.2, 0) is 0 Å². The van der Waals surface area contributed by atoms with Gasteiger partial charge in [0.05, 0.1) is 0 Å². The lowest BCUT2D eigenvalue weighted by Gasteiger charge is -2.24. The molecule has 4 nitrogen and oxygen atoms in total. The summed E-state index contributed by atoms with van der Waals surface area (Å²) in [5.74, 6) is 2.34. The smallest absolute Gasteiger partial charge is 0.202 e. The summed E-state index contributed by atoms with van der Waals surface area (Å²) in [7, 11) is 0. The van der Waals surface area contributed by atoms with Gasteiger partial charge >= 0.3 is 0 Å². The Hall–Kier alpha value is -1.58. The first-order valence-corrected chi connectivity index (χ1v) is 6.83. The van der Waals surface area contributed by atoms with Gasteiger partial charge in [0, 0.05) is 12.2 Å². The van der Waals surface area contributed by atoms with Crippen molar-refractivity contribution in [1.29, 1.82) is 0 Å². The Balaban J connectivity index is 1.90. The normalized spacial score (nSPS) is 30.4. The van der Waals surface area contributed by atoms with Gasteiger partial charge in [-0.05, 0) is 49.7 Å². The van der Waals surface area contributed by atoms with Gasteiger partial charge in [0.15, 0.2) is 5.65 Å². The Bertz CT molecular complexity index is 616. The number of aryl methyl sites for hydroxylation is 1. The van der Waals surface area contributed by atoms with Crippen LogP contribution in [0.15, 0.2) is 12.3 Å². The minimum atomic E-state index is 0.531. The summed E-state index contributed by atoms with van der Waals surface area (Å²) >= 11 is 0. The second-order valence-electron chi connectivity index (χ2n) is 5.88. The Labute approximate surface area is 106 Å². The van der Waals surface area contributed by atoms with E-state index >= 15 is 0 Å². The summed E-state index contributed by atoms with van der Waals surface area (Å²) in [6.07, 6.45) is 7.24. The number of hydrogen-bond donors (Lipinski definition) is 1. The van der Waals surface area contributed by atoms with Crippen LogP contribution >= 0.6 is 0 Å². The second-order valence-corrected chi connectivity index (χ2v) is 5.88. The molecule has 0 aromatic carbocycles. The lowest BCUT2D eigenvalue weighted by Crippen LogP contribution is -2.18. The summed E-state index contributed by atoms with van der Waals surface area (Å²) in [5.41, 5.74) is 9.25. The van der Waals surface area contributed by atoms with Crippen LogP contribution in [0, 0.1) is 18.8 Å². The van der Waals surface area contributed by atoms with E-state index in [1.807, 2.05) is 12.3 Å². The van der Waals surface area contributed by atoms with E-state index in [1.165, 1.54) is 25.7 Å². The fourth-order valence-electron chi connectivity index (χ4n) is 3.98. The molecule has 3 unspecified atom stereocenters. The molecule has 2 N–H and O–H groups in total. The van der Waals surface area contributed by atoms with Crippen LogP contribution in [0.4, 0.5) is 5.95 Å². The minimum Gasteiger partial charge on any atom is -0.369 e. The van der Waals surface area contributed by atoms with E-state index in [0.29, 0.717) is 12.0 Å². The SMILES string of the molecule is Cc1ccnc2c1nc(N)n2C1CC2CCC1C2. The number of imidazole rings is 1. The van der Waals surface area contributed by atoms with Crippen LogP contribution in [-0.4, -0.2) is 14.5 Å². The van der Waals surface area contributed by atoms with Gasteiger partial charge in [-0.1, -0.05) is 6.42 Å². The monoisotopic (exact) mass is 242 g/mol. The Morgan fingerprint density at radius 3 is 2.94 bits per heavy atom. The Morgan fingerprint density at radius 1 is 1.33 bits per heavy atom. The molecule has 3 atom stereocenters. The van der Waals surface area contributed by atoms with Crippen molar-refractivity contribution in [3.63, 3.8) is 0 Å². The van der Waals surface area contributed by atoms with Gasteiger partial charge in [-0.25, -0.2) is 9.97 Å². The third-order valence-corrected chi connectivity index (χ3v) is 4.84. The first-order valence-electron chi connectivity index (χ1n) is 6.83. The van der Waals surface area contributed by atoms with Gasteiger partial charge in [0.2, 0.25) is 5.95 Å². The van der Waals surface area contributed by atoms with E-state index in [-0.39, 0.29) is 0 Å². The molecule has 18 heavy (non-hydrogen) atoms. The lowest BCUT2D eigenvalue weighted by molar-refractivity contribution is 0.338. The molecule has 2 saturated carbocycles. The maximum Gasteiger partial charge on any atom is 0.202 e. The minimum absolute atomic E-state index is 0.531.